The summed E-state index contributed by atoms with van der Waals surface area (Å²) in [6.45, 7) is 4.85. The van der Waals surface area contributed by atoms with Gasteiger partial charge in [-0.25, -0.2) is 5.01 Å². The van der Waals surface area contributed by atoms with E-state index in [1.807, 2.05) is 0 Å². The van der Waals surface area contributed by atoms with E-state index in [1.54, 1.807) is 0 Å². The van der Waals surface area contributed by atoms with Gasteiger partial charge in [-0.3, -0.25) is 5.43 Å². The Kier molecular flexibility index (Phi) is 3.58. The van der Waals surface area contributed by atoms with Crippen LogP contribution < -0.4 is 10.7 Å². The summed E-state index contributed by atoms with van der Waals surface area (Å²) in [5, 5.41) is 5.85. The predicted octanol–water partition coefficient (Wildman–Crippen LogP) is 0.729. The number of hydrogen-bond donors (Lipinski definition) is 2. The molecule has 0 aromatic carbocycles. The Morgan fingerprint density at radius 3 is 2.62 bits per heavy atom. The summed E-state index contributed by atoms with van der Waals surface area (Å²) >= 11 is 0. The van der Waals surface area contributed by atoms with Gasteiger partial charge in [-0.1, -0.05) is 6.42 Å². The molecule has 2 fully saturated rings. The van der Waals surface area contributed by atoms with Crippen molar-refractivity contribution < 1.29 is 0 Å². The van der Waals surface area contributed by atoms with Gasteiger partial charge in [0.15, 0.2) is 0 Å². The van der Waals surface area contributed by atoms with Gasteiger partial charge in [0.25, 0.3) is 0 Å². The average Bonchev–Trinajstić information content (AvgIpc) is 2.21. The topological polar surface area (TPSA) is 27.3 Å². The molecule has 2 saturated heterocycles. The first-order valence-electron chi connectivity index (χ1n) is 5.67. The second-order valence-corrected chi connectivity index (χ2v) is 4.22. The molecule has 0 amide bonds. The van der Waals surface area contributed by atoms with Crippen molar-refractivity contribution in [3.05, 3.63) is 0 Å². The zero-order valence-corrected chi connectivity index (χ0v) is 8.39. The van der Waals surface area contributed by atoms with E-state index in [2.05, 4.69) is 15.8 Å². The highest BCUT2D eigenvalue weighted by molar-refractivity contribution is 4.75. The third-order valence-electron chi connectivity index (χ3n) is 3.02. The number of hydrazine groups is 1. The van der Waals surface area contributed by atoms with Gasteiger partial charge in [-0.05, 0) is 32.2 Å². The van der Waals surface area contributed by atoms with Crippen molar-refractivity contribution in [3.63, 3.8) is 0 Å². The number of nitrogens with zero attached hydrogens (tertiary/aromatic N) is 1. The van der Waals surface area contributed by atoms with Crippen LogP contribution in [-0.2, 0) is 0 Å². The van der Waals surface area contributed by atoms with Crippen molar-refractivity contribution in [2.45, 2.75) is 38.1 Å². The maximum atomic E-state index is 3.63. The molecule has 0 aromatic rings. The Morgan fingerprint density at radius 1 is 1.08 bits per heavy atom. The zero-order chi connectivity index (χ0) is 8.93. The Morgan fingerprint density at radius 2 is 1.92 bits per heavy atom. The lowest BCUT2D eigenvalue weighted by Gasteiger charge is -2.33. The van der Waals surface area contributed by atoms with Crippen molar-refractivity contribution in [1.29, 1.82) is 0 Å². The first-order valence-corrected chi connectivity index (χ1v) is 5.67. The normalized spacial score (nSPS) is 31.8. The predicted molar refractivity (Wildman–Crippen MR) is 54.5 cm³/mol. The molecule has 0 aromatic heterocycles. The molecule has 2 heterocycles. The molecule has 13 heavy (non-hydrogen) atoms. The van der Waals surface area contributed by atoms with Gasteiger partial charge < -0.3 is 5.32 Å². The summed E-state index contributed by atoms with van der Waals surface area (Å²) in [5.74, 6) is 0. The van der Waals surface area contributed by atoms with E-state index < -0.39 is 0 Å². The fraction of sp³-hybridized carbons (Fsp3) is 1.00. The van der Waals surface area contributed by atoms with Gasteiger partial charge in [0.1, 0.15) is 0 Å². The maximum absolute atomic E-state index is 3.63. The molecular formula is C10H21N3. The summed E-state index contributed by atoms with van der Waals surface area (Å²) in [6, 6.07) is 0.687. The molecule has 3 nitrogen and oxygen atoms in total. The molecule has 1 unspecified atom stereocenters. The van der Waals surface area contributed by atoms with Crippen LogP contribution in [0, 0.1) is 0 Å². The van der Waals surface area contributed by atoms with Crippen LogP contribution in [0.5, 0.6) is 0 Å². The SMILES string of the molecule is C1CCN(NC2CCCNC2)CC1. The summed E-state index contributed by atoms with van der Waals surface area (Å²) in [5.41, 5.74) is 3.63. The van der Waals surface area contributed by atoms with E-state index in [0.717, 1.165) is 6.54 Å². The number of hydrogen-bond acceptors (Lipinski definition) is 3. The molecular weight excluding hydrogens is 162 g/mol. The zero-order valence-electron chi connectivity index (χ0n) is 8.39. The number of nitrogens with one attached hydrogen (secondary N) is 2. The van der Waals surface area contributed by atoms with Crippen LogP contribution in [0.2, 0.25) is 0 Å². The molecule has 2 aliphatic rings. The standard InChI is InChI=1S/C10H21N3/c1-2-7-13(8-3-1)12-10-5-4-6-11-9-10/h10-12H,1-9H2. The summed E-state index contributed by atoms with van der Waals surface area (Å²) < 4.78 is 0. The van der Waals surface area contributed by atoms with E-state index in [1.165, 1.54) is 51.7 Å². The van der Waals surface area contributed by atoms with Gasteiger partial charge >= 0.3 is 0 Å². The van der Waals surface area contributed by atoms with Crippen LogP contribution in [-0.4, -0.2) is 37.2 Å². The molecule has 2 N–H and O–H groups in total. The molecule has 76 valence electrons. The van der Waals surface area contributed by atoms with Crippen molar-refractivity contribution in [2.24, 2.45) is 0 Å². The maximum Gasteiger partial charge on any atom is 0.0340 e. The summed E-state index contributed by atoms with van der Waals surface area (Å²) in [7, 11) is 0. The second kappa shape index (κ2) is 4.94. The van der Waals surface area contributed by atoms with Crippen molar-refractivity contribution in [3.8, 4) is 0 Å². The third-order valence-corrected chi connectivity index (χ3v) is 3.02. The van der Waals surface area contributed by atoms with Crippen molar-refractivity contribution >= 4 is 0 Å². The lowest BCUT2D eigenvalue weighted by molar-refractivity contribution is 0.118. The first kappa shape index (κ1) is 9.44. The van der Waals surface area contributed by atoms with Crippen LogP contribution >= 0.6 is 0 Å². The average molecular weight is 183 g/mol. The van der Waals surface area contributed by atoms with Gasteiger partial charge in [0.05, 0.1) is 0 Å². The fourth-order valence-corrected chi connectivity index (χ4v) is 2.24. The van der Waals surface area contributed by atoms with Gasteiger partial charge in [0.2, 0.25) is 0 Å². The monoisotopic (exact) mass is 183 g/mol. The van der Waals surface area contributed by atoms with E-state index >= 15 is 0 Å². The molecule has 0 saturated carbocycles. The minimum absolute atomic E-state index is 0.687. The molecule has 0 spiro atoms. The molecule has 0 bridgehead atoms. The Balaban J connectivity index is 1.69. The van der Waals surface area contributed by atoms with Crippen LogP contribution in [0.25, 0.3) is 0 Å². The fourth-order valence-electron chi connectivity index (χ4n) is 2.24. The molecule has 0 aliphatic carbocycles. The number of piperidine rings is 2. The van der Waals surface area contributed by atoms with Gasteiger partial charge in [-0.15, -0.1) is 0 Å². The highest BCUT2D eigenvalue weighted by atomic mass is 15.5. The third kappa shape index (κ3) is 2.93. The molecule has 2 aliphatic heterocycles. The van der Waals surface area contributed by atoms with Crippen molar-refractivity contribution in [1.82, 2.24) is 15.8 Å². The van der Waals surface area contributed by atoms with E-state index in [0.29, 0.717) is 6.04 Å². The highest BCUT2D eigenvalue weighted by Gasteiger charge is 2.17. The lowest BCUT2D eigenvalue weighted by Crippen LogP contribution is -2.52. The van der Waals surface area contributed by atoms with Crippen LogP contribution in [0.3, 0.4) is 0 Å². The van der Waals surface area contributed by atoms with Crippen LogP contribution in [0.4, 0.5) is 0 Å². The summed E-state index contributed by atoms with van der Waals surface area (Å²) in [6.07, 6.45) is 6.82. The van der Waals surface area contributed by atoms with Crippen LogP contribution in [0.1, 0.15) is 32.1 Å². The Bertz CT molecular complexity index is 121. The quantitative estimate of drug-likeness (QED) is 0.661. The van der Waals surface area contributed by atoms with E-state index in [4.69, 9.17) is 0 Å². The Labute approximate surface area is 80.8 Å². The van der Waals surface area contributed by atoms with Gasteiger partial charge in [-0.2, -0.15) is 0 Å². The largest absolute Gasteiger partial charge is 0.315 e. The van der Waals surface area contributed by atoms with Crippen molar-refractivity contribution in [2.75, 3.05) is 26.2 Å². The highest BCUT2D eigenvalue weighted by Crippen LogP contribution is 2.08. The smallest absolute Gasteiger partial charge is 0.0340 e. The molecule has 2 rings (SSSR count). The summed E-state index contributed by atoms with van der Waals surface area (Å²) in [4.78, 5) is 0. The first-order chi connectivity index (χ1) is 6.45. The lowest BCUT2D eigenvalue weighted by atomic mass is 10.1. The molecule has 1 atom stereocenters. The number of rotatable bonds is 2. The van der Waals surface area contributed by atoms with E-state index in [-0.39, 0.29) is 0 Å². The minimum atomic E-state index is 0.687. The second-order valence-electron chi connectivity index (χ2n) is 4.22. The Hall–Kier alpha value is -0.120. The van der Waals surface area contributed by atoms with E-state index in [9.17, 15) is 0 Å². The van der Waals surface area contributed by atoms with Crippen LogP contribution in [0.15, 0.2) is 0 Å². The minimum Gasteiger partial charge on any atom is -0.315 e. The molecule has 0 radical (unpaired) electrons. The molecule has 3 heteroatoms. The van der Waals surface area contributed by atoms with Gasteiger partial charge in [0, 0.05) is 25.7 Å².